The summed E-state index contributed by atoms with van der Waals surface area (Å²) in [5, 5.41) is 3.21. The molecule has 1 N–H and O–H groups in total. The van der Waals surface area contributed by atoms with Crippen molar-refractivity contribution in [1.82, 2.24) is 14.9 Å². The molecule has 1 aromatic heterocycles. The Bertz CT molecular complexity index is 838. The van der Waals surface area contributed by atoms with Gasteiger partial charge >= 0.3 is 0 Å². The molecular weight excluding hydrogens is 314 g/mol. The van der Waals surface area contributed by atoms with E-state index >= 15 is 0 Å². The van der Waals surface area contributed by atoms with Crippen molar-refractivity contribution in [2.75, 3.05) is 6.61 Å². The number of nitrogens with zero attached hydrogens (tertiary/aromatic N) is 2. The van der Waals surface area contributed by atoms with Crippen LogP contribution < -0.4 is 10.1 Å². The number of aryl methyl sites for hydroxylation is 3. The summed E-state index contributed by atoms with van der Waals surface area (Å²) < 4.78 is 8.05. The second-order valence-corrected chi connectivity index (χ2v) is 7.23. The maximum atomic E-state index is 13.0. The molecule has 1 atom stereocenters. The first-order chi connectivity index (χ1) is 12.0. The number of hydrogen-bond acceptors (Lipinski definition) is 3. The molecule has 25 heavy (non-hydrogen) atoms. The summed E-state index contributed by atoms with van der Waals surface area (Å²) in [5.41, 5.74) is 5.10. The van der Waals surface area contributed by atoms with Crippen LogP contribution in [0.3, 0.4) is 0 Å². The molecule has 5 nitrogen and oxygen atoms in total. The third kappa shape index (κ3) is 2.81. The molecular formula is C20H25N3O2. The average Bonchev–Trinajstić information content (AvgIpc) is 2.93. The van der Waals surface area contributed by atoms with Crippen LogP contribution in [0, 0.1) is 20.8 Å². The fourth-order valence-electron chi connectivity index (χ4n) is 4.16. The second kappa shape index (κ2) is 6.21. The minimum absolute atomic E-state index is 0.0175. The van der Waals surface area contributed by atoms with Gasteiger partial charge in [0.1, 0.15) is 17.3 Å². The minimum Gasteiger partial charge on any atom is -0.493 e. The van der Waals surface area contributed by atoms with Crippen molar-refractivity contribution in [2.45, 2.75) is 59.0 Å². The number of hydrogen-bond donors (Lipinski definition) is 1. The van der Waals surface area contributed by atoms with Crippen LogP contribution in [0.15, 0.2) is 12.1 Å². The Morgan fingerprint density at radius 3 is 2.96 bits per heavy atom. The van der Waals surface area contributed by atoms with E-state index in [4.69, 9.17) is 4.74 Å². The summed E-state index contributed by atoms with van der Waals surface area (Å²) in [7, 11) is 0. The molecule has 2 aliphatic rings. The van der Waals surface area contributed by atoms with Crippen molar-refractivity contribution >= 4 is 5.91 Å². The number of rotatable bonds is 2. The van der Waals surface area contributed by atoms with E-state index in [0.29, 0.717) is 12.3 Å². The van der Waals surface area contributed by atoms with Crippen molar-refractivity contribution in [3.05, 3.63) is 46.0 Å². The van der Waals surface area contributed by atoms with Crippen LogP contribution in [0.25, 0.3) is 0 Å². The van der Waals surface area contributed by atoms with Crippen molar-refractivity contribution in [3.63, 3.8) is 0 Å². The van der Waals surface area contributed by atoms with Gasteiger partial charge in [0.15, 0.2) is 0 Å². The highest BCUT2D eigenvalue weighted by atomic mass is 16.5. The van der Waals surface area contributed by atoms with Gasteiger partial charge in [-0.3, -0.25) is 4.79 Å². The molecule has 132 valence electrons. The number of aromatic nitrogens is 2. The van der Waals surface area contributed by atoms with Crippen LogP contribution in [-0.2, 0) is 13.0 Å². The van der Waals surface area contributed by atoms with Gasteiger partial charge in [0.25, 0.3) is 5.91 Å². The third-order valence-electron chi connectivity index (χ3n) is 5.31. The molecule has 0 saturated carbocycles. The molecule has 0 bridgehead atoms. The summed E-state index contributed by atoms with van der Waals surface area (Å²) >= 11 is 0. The third-order valence-corrected chi connectivity index (χ3v) is 5.31. The highest BCUT2D eigenvalue weighted by molar-refractivity contribution is 5.94. The molecule has 1 unspecified atom stereocenters. The van der Waals surface area contributed by atoms with Crippen molar-refractivity contribution < 1.29 is 9.53 Å². The molecule has 1 amide bonds. The van der Waals surface area contributed by atoms with E-state index in [9.17, 15) is 4.79 Å². The quantitative estimate of drug-likeness (QED) is 0.912. The maximum Gasteiger partial charge on any atom is 0.272 e. The first-order valence-corrected chi connectivity index (χ1v) is 9.15. The Balaban J connectivity index is 1.63. The summed E-state index contributed by atoms with van der Waals surface area (Å²) in [6.07, 6.45) is 4.02. The van der Waals surface area contributed by atoms with Crippen molar-refractivity contribution in [1.29, 1.82) is 0 Å². The van der Waals surface area contributed by atoms with Gasteiger partial charge in [-0.2, -0.15) is 0 Å². The van der Waals surface area contributed by atoms with Gasteiger partial charge in [-0.1, -0.05) is 17.7 Å². The van der Waals surface area contributed by atoms with Crippen molar-refractivity contribution in [3.8, 4) is 5.75 Å². The molecule has 3 heterocycles. The highest BCUT2D eigenvalue weighted by Gasteiger charge is 2.28. The van der Waals surface area contributed by atoms with Gasteiger partial charge in [-0.15, -0.1) is 0 Å². The number of ether oxygens (including phenoxy) is 1. The van der Waals surface area contributed by atoms with Crippen LogP contribution >= 0.6 is 0 Å². The lowest BCUT2D eigenvalue weighted by Crippen LogP contribution is -2.33. The molecule has 2 aromatic rings. The predicted molar refractivity (Wildman–Crippen MR) is 96.1 cm³/mol. The second-order valence-electron chi connectivity index (χ2n) is 7.23. The lowest BCUT2D eigenvalue weighted by atomic mass is 9.95. The van der Waals surface area contributed by atoms with E-state index in [1.807, 2.05) is 6.92 Å². The predicted octanol–water partition coefficient (Wildman–Crippen LogP) is 3.40. The Labute approximate surface area is 148 Å². The monoisotopic (exact) mass is 339 g/mol. The van der Waals surface area contributed by atoms with E-state index < -0.39 is 0 Å². The molecule has 0 aliphatic carbocycles. The van der Waals surface area contributed by atoms with Crippen LogP contribution in [0.5, 0.6) is 5.75 Å². The number of carbonyl (C=O) groups excluding carboxylic acids is 1. The number of nitrogens with one attached hydrogen (secondary N) is 1. The maximum absolute atomic E-state index is 13.0. The molecule has 0 fully saturated rings. The number of amides is 1. The zero-order valence-corrected chi connectivity index (χ0v) is 15.2. The highest BCUT2D eigenvalue weighted by Crippen LogP contribution is 2.36. The van der Waals surface area contributed by atoms with Crippen LogP contribution in [0.1, 0.15) is 64.0 Å². The summed E-state index contributed by atoms with van der Waals surface area (Å²) in [4.78, 5) is 17.5. The Kier molecular flexibility index (Phi) is 4.02. The van der Waals surface area contributed by atoms with E-state index in [-0.39, 0.29) is 11.9 Å². The summed E-state index contributed by atoms with van der Waals surface area (Å²) in [6.45, 7) is 7.73. The smallest absolute Gasteiger partial charge is 0.272 e. The molecule has 5 heteroatoms. The minimum atomic E-state index is -0.0595. The SMILES string of the molecule is Cc1cc(C)c2c(c1)C(NC(=O)c1nc(C)n3c1CCCC3)CCO2. The Hall–Kier alpha value is -2.30. The van der Waals surface area contributed by atoms with Gasteiger partial charge in [-0.25, -0.2) is 4.98 Å². The van der Waals surface area contributed by atoms with E-state index in [0.717, 1.165) is 60.6 Å². The fraction of sp³-hybridized carbons (Fsp3) is 0.500. The molecule has 0 radical (unpaired) electrons. The Morgan fingerprint density at radius 2 is 2.12 bits per heavy atom. The van der Waals surface area contributed by atoms with Gasteiger partial charge in [0.05, 0.1) is 18.3 Å². The Morgan fingerprint density at radius 1 is 1.28 bits per heavy atom. The lowest BCUT2D eigenvalue weighted by Gasteiger charge is -2.28. The van der Waals surface area contributed by atoms with E-state index in [1.165, 1.54) is 5.56 Å². The fourth-order valence-corrected chi connectivity index (χ4v) is 4.16. The normalized spacial score (nSPS) is 18.9. The zero-order chi connectivity index (χ0) is 17.6. The van der Waals surface area contributed by atoms with Crippen LogP contribution in [-0.4, -0.2) is 22.1 Å². The van der Waals surface area contributed by atoms with E-state index in [2.05, 4.69) is 40.8 Å². The van der Waals surface area contributed by atoms with Crippen LogP contribution in [0.4, 0.5) is 0 Å². The topological polar surface area (TPSA) is 56.2 Å². The zero-order valence-electron chi connectivity index (χ0n) is 15.2. The van der Waals surface area contributed by atoms with Gasteiger partial charge in [0, 0.05) is 18.5 Å². The van der Waals surface area contributed by atoms with Crippen LogP contribution in [0.2, 0.25) is 0 Å². The molecule has 0 spiro atoms. The lowest BCUT2D eigenvalue weighted by molar-refractivity contribution is 0.0918. The molecule has 1 aromatic carbocycles. The van der Waals surface area contributed by atoms with E-state index in [1.54, 1.807) is 0 Å². The van der Waals surface area contributed by atoms with Gasteiger partial charge in [0.2, 0.25) is 0 Å². The molecule has 4 rings (SSSR count). The summed E-state index contributed by atoms with van der Waals surface area (Å²) in [6, 6.07) is 4.23. The van der Waals surface area contributed by atoms with Crippen molar-refractivity contribution in [2.24, 2.45) is 0 Å². The molecule has 0 saturated heterocycles. The number of fused-ring (bicyclic) bond motifs is 2. The standard InChI is InChI=1S/C20H25N3O2/c1-12-10-13(2)19-15(11-12)16(7-9-25-19)22-20(24)18-17-6-4-5-8-23(17)14(3)21-18/h10-11,16H,4-9H2,1-3H3,(H,22,24). The first kappa shape index (κ1) is 16.2. The first-order valence-electron chi connectivity index (χ1n) is 9.15. The summed E-state index contributed by atoms with van der Waals surface area (Å²) in [5.74, 6) is 1.81. The average molecular weight is 339 g/mol. The largest absolute Gasteiger partial charge is 0.493 e. The number of benzene rings is 1. The number of carbonyl (C=O) groups is 1. The van der Waals surface area contributed by atoms with Gasteiger partial charge < -0.3 is 14.6 Å². The number of imidazole rings is 1. The molecule has 2 aliphatic heterocycles. The van der Waals surface area contributed by atoms with Gasteiger partial charge in [-0.05, 0) is 45.6 Å².